The molecule has 0 saturated carbocycles. The predicted molar refractivity (Wildman–Crippen MR) is 166 cm³/mol. The van der Waals surface area contributed by atoms with Crippen molar-refractivity contribution in [2.24, 2.45) is 0 Å². The Balaban J connectivity index is 1.73. The fraction of sp³-hybridized carbons (Fsp3) is 0.567. The van der Waals surface area contributed by atoms with Crippen LogP contribution in [0, 0.1) is 0 Å². The maximum absolute atomic E-state index is 13.3. The van der Waals surface area contributed by atoms with Crippen molar-refractivity contribution in [3.8, 4) is 5.88 Å². The van der Waals surface area contributed by atoms with E-state index in [2.05, 4.69) is 39.8 Å². The zero-order valence-electron chi connectivity index (χ0n) is 24.7. The van der Waals surface area contributed by atoms with E-state index in [4.69, 9.17) is 30.8 Å². The molecule has 0 spiro atoms. The first-order valence-electron chi connectivity index (χ1n) is 13.9. The monoisotopic (exact) mass is 650 g/mol. The lowest BCUT2D eigenvalue weighted by Crippen LogP contribution is -2.56. The van der Waals surface area contributed by atoms with Gasteiger partial charge in [-0.05, 0) is 94.5 Å². The normalized spacial score (nSPS) is 19.2. The Bertz CT molecular complexity index is 1340. The number of fused-ring (bicyclic) bond motifs is 1. The lowest BCUT2D eigenvalue weighted by atomic mass is 9.86. The highest BCUT2D eigenvalue weighted by Crippen LogP contribution is 2.42. The Morgan fingerprint density at radius 1 is 1.24 bits per heavy atom. The summed E-state index contributed by atoms with van der Waals surface area (Å²) in [6, 6.07) is 3.94. The molecular weight excluding hydrogens is 612 g/mol. The number of carbonyl (C=O) groups excluding carboxylic acids is 2. The molecule has 1 atom stereocenters. The number of likely N-dealkylation sites (tertiary alicyclic amines) is 2. The first-order valence-corrected chi connectivity index (χ1v) is 15.1. The number of allylic oxidation sites excluding steroid dienone is 1. The number of methoxy groups -OCH3 is 1. The Morgan fingerprint density at radius 3 is 2.49 bits per heavy atom. The van der Waals surface area contributed by atoms with Crippen molar-refractivity contribution >= 4 is 61.8 Å². The Kier molecular flexibility index (Phi) is 9.45. The summed E-state index contributed by atoms with van der Waals surface area (Å²) in [6.07, 6.45) is 2.44. The lowest BCUT2D eigenvalue weighted by molar-refractivity contribution is -0.147. The van der Waals surface area contributed by atoms with Crippen LogP contribution in [0.2, 0.25) is 5.02 Å². The average molecular weight is 652 g/mol. The van der Waals surface area contributed by atoms with E-state index < -0.39 is 23.2 Å². The number of esters is 1. The van der Waals surface area contributed by atoms with Gasteiger partial charge in [0.2, 0.25) is 5.88 Å². The van der Waals surface area contributed by atoms with Gasteiger partial charge in [0.1, 0.15) is 17.7 Å². The van der Waals surface area contributed by atoms with E-state index in [-0.39, 0.29) is 0 Å². The van der Waals surface area contributed by atoms with E-state index in [0.717, 1.165) is 35.9 Å². The first kappa shape index (κ1) is 31.4. The highest BCUT2D eigenvalue weighted by Gasteiger charge is 2.44. The van der Waals surface area contributed by atoms with Gasteiger partial charge in [-0.25, -0.2) is 14.6 Å². The maximum Gasteiger partial charge on any atom is 0.410 e. The number of carbonyl (C=O) groups is 2. The standard InChI is InChI=1S/C30H40BrClN4O5/c1-18(2)24-25(31)21(32)15-20-22(16-23(33-26(20)24)40-17-19-9-8-12-35(19)6)34-30(27(37)39-7)10-13-36(14-11-30)28(38)41-29(3,4)5/h15-16,19H,1,8-14,17H2,2-7H3,(H,33,34)/t19-/m0/s1. The lowest BCUT2D eigenvalue weighted by Gasteiger charge is -2.41. The quantitative estimate of drug-likeness (QED) is 0.339. The van der Waals surface area contributed by atoms with Gasteiger partial charge in [0.05, 0.1) is 17.6 Å². The number of ether oxygens (including phenoxy) is 3. The first-order chi connectivity index (χ1) is 19.2. The molecule has 11 heteroatoms. The van der Waals surface area contributed by atoms with E-state index >= 15 is 0 Å². The number of nitrogens with zero attached hydrogens (tertiary/aromatic N) is 3. The number of piperidine rings is 1. The molecule has 224 valence electrons. The summed E-state index contributed by atoms with van der Waals surface area (Å²) in [5.74, 6) is 0.0212. The number of hydrogen-bond acceptors (Lipinski definition) is 8. The molecule has 4 rings (SSSR count). The Morgan fingerprint density at radius 2 is 1.93 bits per heavy atom. The third-order valence-corrected chi connectivity index (χ3v) is 9.06. The zero-order chi connectivity index (χ0) is 30.1. The van der Waals surface area contributed by atoms with Crippen LogP contribution in [0.25, 0.3) is 16.5 Å². The van der Waals surface area contributed by atoms with Crippen LogP contribution in [0.1, 0.15) is 58.9 Å². The molecule has 1 amide bonds. The summed E-state index contributed by atoms with van der Waals surface area (Å²) in [4.78, 5) is 34.9. The van der Waals surface area contributed by atoms with Gasteiger partial charge in [0.25, 0.3) is 0 Å². The Hall–Kier alpha value is -2.56. The molecule has 1 N–H and O–H groups in total. The molecule has 3 heterocycles. The van der Waals surface area contributed by atoms with Gasteiger partial charge in [0.15, 0.2) is 0 Å². The largest absolute Gasteiger partial charge is 0.476 e. The molecular formula is C30H40BrClN4O5. The number of benzene rings is 1. The highest BCUT2D eigenvalue weighted by molar-refractivity contribution is 9.10. The molecule has 2 fully saturated rings. The summed E-state index contributed by atoms with van der Waals surface area (Å²) < 4.78 is 17.8. The van der Waals surface area contributed by atoms with Crippen LogP contribution in [0.15, 0.2) is 23.2 Å². The van der Waals surface area contributed by atoms with E-state index in [9.17, 15) is 9.59 Å². The molecule has 2 aromatic rings. The van der Waals surface area contributed by atoms with Crippen LogP contribution in [0.5, 0.6) is 5.88 Å². The minimum absolute atomic E-state index is 0.306. The predicted octanol–water partition coefficient (Wildman–Crippen LogP) is 6.51. The molecule has 1 aromatic carbocycles. The van der Waals surface area contributed by atoms with Crippen molar-refractivity contribution in [3.63, 3.8) is 0 Å². The SMILES string of the molecule is C=C(C)c1c(Br)c(Cl)cc2c(NC3(C(=O)OC)CCN(C(=O)OC(C)(C)C)CC3)cc(OC[C@@H]3CCCN3C)nc12. The van der Waals surface area contributed by atoms with Crippen LogP contribution >= 0.6 is 27.5 Å². The van der Waals surface area contributed by atoms with E-state index in [1.807, 2.05) is 39.8 Å². The molecule has 0 radical (unpaired) electrons. The molecule has 9 nitrogen and oxygen atoms in total. The molecule has 2 aliphatic heterocycles. The molecule has 2 aliphatic rings. The van der Waals surface area contributed by atoms with Crippen LogP contribution in [0.3, 0.4) is 0 Å². The molecule has 1 aromatic heterocycles. The van der Waals surface area contributed by atoms with E-state index in [1.54, 1.807) is 4.90 Å². The third kappa shape index (κ3) is 6.92. The van der Waals surface area contributed by atoms with Crippen LogP contribution in [-0.2, 0) is 14.3 Å². The minimum Gasteiger partial charge on any atom is -0.476 e. The van der Waals surface area contributed by atoms with Crippen molar-refractivity contribution in [2.45, 2.75) is 70.6 Å². The van der Waals surface area contributed by atoms with Crippen molar-refractivity contribution < 1.29 is 23.8 Å². The van der Waals surface area contributed by atoms with Crippen LogP contribution in [0.4, 0.5) is 10.5 Å². The fourth-order valence-electron chi connectivity index (χ4n) is 5.45. The number of rotatable bonds is 7. The van der Waals surface area contributed by atoms with Gasteiger partial charge in [0, 0.05) is 46.3 Å². The summed E-state index contributed by atoms with van der Waals surface area (Å²) in [5.41, 5.74) is 1.14. The number of nitrogens with one attached hydrogen (secondary N) is 1. The zero-order valence-corrected chi connectivity index (χ0v) is 27.1. The van der Waals surface area contributed by atoms with E-state index in [1.165, 1.54) is 7.11 Å². The van der Waals surface area contributed by atoms with Gasteiger partial charge in [-0.15, -0.1) is 0 Å². The molecule has 2 saturated heterocycles. The molecule has 0 aliphatic carbocycles. The Labute approximate surface area is 255 Å². The number of hydrogen-bond donors (Lipinski definition) is 1. The maximum atomic E-state index is 13.3. The fourth-order valence-corrected chi connectivity index (χ4v) is 6.29. The highest BCUT2D eigenvalue weighted by atomic mass is 79.9. The average Bonchev–Trinajstić information content (AvgIpc) is 3.31. The number of likely N-dealkylation sites (N-methyl/N-ethyl adjacent to an activating group) is 1. The molecule has 0 unspecified atom stereocenters. The summed E-state index contributed by atoms with van der Waals surface area (Å²) >= 11 is 10.3. The summed E-state index contributed by atoms with van der Waals surface area (Å²) in [5, 5.41) is 4.71. The van der Waals surface area contributed by atoms with Crippen LogP contribution < -0.4 is 10.1 Å². The molecule has 0 bridgehead atoms. The minimum atomic E-state index is -1.09. The van der Waals surface area contributed by atoms with Crippen molar-refractivity contribution in [1.82, 2.24) is 14.8 Å². The van der Waals surface area contributed by atoms with Crippen LogP contribution in [-0.4, -0.2) is 84.4 Å². The number of pyridine rings is 1. The smallest absolute Gasteiger partial charge is 0.410 e. The van der Waals surface area contributed by atoms with Crippen molar-refractivity contribution in [1.29, 1.82) is 0 Å². The number of anilines is 1. The van der Waals surface area contributed by atoms with Gasteiger partial charge >= 0.3 is 12.1 Å². The summed E-state index contributed by atoms with van der Waals surface area (Å²) in [6.45, 7) is 13.7. The van der Waals surface area contributed by atoms with Gasteiger partial charge in [-0.3, -0.25) is 0 Å². The second-order valence-electron chi connectivity index (χ2n) is 12.0. The third-order valence-electron chi connectivity index (χ3n) is 7.71. The van der Waals surface area contributed by atoms with Gasteiger partial charge in [-0.1, -0.05) is 18.2 Å². The number of aromatic nitrogens is 1. The number of amides is 1. The topological polar surface area (TPSA) is 93.2 Å². The van der Waals surface area contributed by atoms with Crippen molar-refractivity contribution in [2.75, 3.05) is 45.7 Å². The number of halogens is 2. The molecule has 41 heavy (non-hydrogen) atoms. The van der Waals surface area contributed by atoms with Gasteiger partial charge < -0.3 is 29.3 Å². The summed E-state index contributed by atoms with van der Waals surface area (Å²) in [7, 11) is 3.47. The van der Waals surface area contributed by atoms with Crippen molar-refractivity contribution in [3.05, 3.63) is 33.8 Å². The second kappa shape index (κ2) is 12.4. The van der Waals surface area contributed by atoms with Gasteiger partial charge in [-0.2, -0.15) is 0 Å². The van der Waals surface area contributed by atoms with E-state index in [0.29, 0.717) is 65.2 Å². The second-order valence-corrected chi connectivity index (χ2v) is 13.2.